The highest BCUT2D eigenvalue weighted by Gasteiger charge is 2.71. The van der Waals surface area contributed by atoms with Crippen LogP contribution in [0.3, 0.4) is 0 Å². The topological polar surface area (TPSA) is 185 Å². The Labute approximate surface area is 355 Å². The third-order valence-corrected chi connectivity index (χ3v) is 15.8. The molecule has 0 aliphatic carbocycles. The molecule has 3 saturated heterocycles. The lowest BCUT2D eigenvalue weighted by molar-refractivity contribution is -0.188. The van der Waals surface area contributed by atoms with Gasteiger partial charge in [-0.15, -0.1) is 11.8 Å². The summed E-state index contributed by atoms with van der Waals surface area (Å²) in [6, 6.07) is 9.52. The molecule has 0 saturated carbocycles. The number of piperazine rings is 1. The predicted molar refractivity (Wildman–Crippen MR) is 220 cm³/mol. The lowest BCUT2D eigenvalue weighted by Gasteiger charge is -2.66. The van der Waals surface area contributed by atoms with Crippen LogP contribution in [0, 0.1) is 25.2 Å². The van der Waals surface area contributed by atoms with Crippen molar-refractivity contribution in [2.75, 3.05) is 32.9 Å². The molecule has 9 heterocycles. The molecule has 0 radical (unpaired) electrons. The zero-order chi connectivity index (χ0) is 42.4. The van der Waals surface area contributed by atoms with Crippen LogP contribution in [0.4, 0.5) is 0 Å². The number of carbonyl (C=O) groups excluding carboxylic acids is 3. The molecule has 316 valence electrons. The Kier molecular flexibility index (Phi) is 8.36. The van der Waals surface area contributed by atoms with E-state index in [9.17, 15) is 20.0 Å². The first-order valence-electron chi connectivity index (χ1n) is 20.6. The number of esters is 3. The van der Waals surface area contributed by atoms with Crippen LogP contribution in [0.15, 0.2) is 30.3 Å². The van der Waals surface area contributed by atoms with E-state index in [1.165, 1.54) is 25.6 Å². The summed E-state index contributed by atoms with van der Waals surface area (Å²) in [5.41, 5.74) is 4.92. The standard InChI is InChI=1S/C45H45N5O10S/c1-19-11-26-31(36(53)37(19)55-6)34-35-41-33-32(40-39(58-18-59-40)20(2)38(33)60-22(4)52)30(49(35)29(14-46)28-13-44(26,5)50(28)34)16-57-43(54)45(17-61-41)42-25(12-23(48-45)15-56-21(3)51)24-9-7-8-10-27(24)47-42/h7-11,23,28-30,34-35,41,47-48,53H,12-13,15-18H2,1-6H3/t23-,28-,29-,30-,34-,35?,41+,44+,45+/m0/s1. The summed E-state index contributed by atoms with van der Waals surface area (Å²) in [6.45, 7) is 8.42. The van der Waals surface area contributed by atoms with Crippen LogP contribution in [-0.2, 0) is 41.4 Å². The summed E-state index contributed by atoms with van der Waals surface area (Å²) in [6.07, 6.45) is 1.14. The van der Waals surface area contributed by atoms with Gasteiger partial charge in [0.25, 0.3) is 0 Å². The van der Waals surface area contributed by atoms with Crippen molar-refractivity contribution in [1.82, 2.24) is 20.1 Å². The van der Waals surface area contributed by atoms with Gasteiger partial charge in [0.1, 0.15) is 25.0 Å². The highest BCUT2D eigenvalue weighted by Crippen LogP contribution is 2.71. The Balaban J connectivity index is 1.17. The number of aromatic amines is 1. The number of aromatic nitrogens is 1. The molecular weight excluding hydrogens is 803 g/mol. The molecule has 16 heteroatoms. The zero-order valence-electron chi connectivity index (χ0n) is 34.5. The number of hydrogen-bond acceptors (Lipinski definition) is 15. The van der Waals surface area contributed by atoms with E-state index in [4.69, 9.17) is 28.4 Å². The molecule has 4 aromatic rings. The zero-order valence-corrected chi connectivity index (χ0v) is 35.4. The van der Waals surface area contributed by atoms with Crippen molar-refractivity contribution >= 4 is 40.6 Å². The number of nitrogens with one attached hydrogen (secondary N) is 2. The van der Waals surface area contributed by atoms with E-state index >= 15 is 4.79 Å². The van der Waals surface area contributed by atoms with Gasteiger partial charge in [0.15, 0.2) is 28.5 Å². The van der Waals surface area contributed by atoms with Crippen molar-refractivity contribution in [2.45, 2.75) is 100 Å². The molecule has 1 aromatic heterocycles. The third kappa shape index (κ3) is 5.00. The number of hydrogen-bond donors (Lipinski definition) is 3. The number of ether oxygens (including phenoxy) is 6. The fraction of sp³-hybridized carbons (Fsp3) is 0.467. The Bertz CT molecular complexity index is 2680. The van der Waals surface area contributed by atoms with Crippen molar-refractivity contribution in [1.29, 1.82) is 5.26 Å². The molecule has 9 atom stereocenters. The van der Waals surface area contributed by atoms with E-state index in [-0.39, 0.29) is 37.6 Å². The van der Waals surface area contributed by atoms with E-state index in [1.807, 2.05) is 38.1 Å². The maximum absolute atomic E-state index is 15.2. The van der Waals surface area contributed by atoms with Crippen molar-refractivity contribution in [3.63, 3.8) is 0 Å². The maximum Gasteiger partial charge on any atom is 0.333 e. The minimum Gasteiger partial charge on any atom is -0.504 e. The number of nitrogens with zero attached hydrogens (tertiary/aromatic N) is 3. The largest absolute Gasteiger partial charge is 0.504 e. The summed E-state index contributed by atoms with van der Waals surface area (Å²) in [7, 11) is 1.55. The maximum atomic E-state index is 15.2. The van der Waals surface area contributed by atoms with Crippen molar-refractivity contribution < 1.29 is 47.9 Å². The van der Waals surface area contributed by atoms with E-state index in [1.54, 1.807) is 7.11 Å². The number of phenolic OH excluding ortho intramolecular Hbond substituents is 1. The van der Waals surface area contributed by atoms with Gasteiger partial charge in [0.05, 0.1) is 36.2 Å². The quantitative estimate of drug-likeness (QED) is 0.181. The first kappa shape index (κ1) is 38.5. The number of nitriles is 1. The van der Waals surface area contributed by atoms with Crippen molar-refractivity contribution in [2.24, 2.45) is 0 Å². The van der Waals surface area contributed by atoms with Gasteiger partial charge in [-0.1, -0.05) is 18.2 Å². The van der Waals surface area contributed by atoms with E-state index in [0.717, 1.165) is 33.2 Å². The second-order valence-corrected chi connectivity index (χ2v) is 18.6. The number of thioether (sulfide) groups is 1. The number of carbonyl (C=O) groups is 3. The molecule has 3 N–H and O–H groups in total. The van der Waals surface area contributed by atoms with E-state index < -0.39 is 64.4 Å². The highest BCUT2D eigenvalue weighted by atomic mass is 32.2. The molecule has 61 heavy (non-hydrogen) atoms. The van der Waals surface area contributed by atoms with Crippen LogP contribution >= 0.6 is 11.8 Å². The van der Waals surface area contributed by atoms with E-state index in [0.29, 0.717) is 58.2 Å². The first-order valence-corrected chi connectivity index (χ1v) is 21.7. The number of H-pyrrole nitrogens is 1. The number of aryl methyl sites for hydroxylation is 1. The molecule has 12 rings (SSSR count). The monoisotopic (exact) mass is 847 g/mol. The Morgan fingerprint density at radius 1 is 1.08 bits per heavy atom. The average Bonchev–Trinajstić information content (AvgIpc) is 3.92. The fourth-order valence-electron chi connectivity index (χ4n) is 12.1. The average molecular weight is 848 g/mol. The summed E-state index contributed by atoms with van der Waals surface area (Å²) < 4.78 is 36.6. The van der Waals surface area contributed by atoms with Crippen LogP contribution < -0.4 is 24.3 Å². The smallest absolute Gasteiger partial charge is 0.333 e. The number of rotatable bonds is 4. The second kappa shape index (κ2) is 13.3. The molecule has 3 aromatic carbocycles. The fourth-order valence-corrected chi connectivity index (χ4v) is 13.8. The SMILES string of the molecule is COc1c(C)cc2c(c1O)[C@H]1C3[C@@H]4SC[C@]5(N[C@H](COC(C)=O)Cc6c5[nH]c5ccccc65)C(=O)OC[C@@H](c5c6c(c(C)c(OC(C)=O)c54)OCO6)N3[C@@H](C#N)[C@@H]3C[C@@]2(C)N13. The predicted octanol–water partition coefficient (Wildman–Crippen LogP) is 5.13. The summed E-state index contributed by atoms with van der Waals surface area (Å²) in [5, 5.41) is 27.5. The van der Waals surface area contributed by atoms with Gasteiger partial charge in [-0.25, -0.2) is 4.79 Å². The molecule has 15 nitrogen and oxygen atoms in total. The first-order chi connectivity index (χ1) is 29.3. The normalized spacial score (nSPS) is 31.5. The van der Waals surface area contributed by atoms with Crippen LogP contribution in [0.2, 0.25) is 0 Å². The number of phenols is 1. The molecule has 8 aliphatic rings. The van der Waals surface area contributed by atoms with Gasteiger partial charge in [-0.2, -0.15) is 5.26 Å². The van der Waals surface area contributed by atoms with Crippen LogP contribution in [-0.4, -0.2) is 94.8 Å². The van der Waals surface area contributed by atoms with Gasteiger partial charge in [-0.05, 0) is 62.4 Å². The molecule has 0 amide bonds. The molecular formula is C45H45N5O10S. The molecule has 2 bridgehead atoms. The van der Waals surface area contributed by atoms with E-state index in [2.05, 4.69) is 39.2 Å². The number of methoxy groups -OCH3 is 1. The van der Waals surface area contributed by atoms with Crippen LogP contribution in [0.5, 0.6) is 28.7 Å². The van der Waals surface area contributed by atoms with Crippen molar-refractivity contribution in [3.05, 3.63) is 75.0 Å². The van der Waals surface area contributed by atoms with Gasteiger partial charge >= 0.3 is 17.9 Å². The van der Waals surface area contributed by atoms with Gasteiger partial charge < -0.3 is 38.5 Å². The molecule has 1 spiro atoms. The Hall–Kier alpha value is -5.47. The second-order valence-electron chi connectivity index (χ2n) is 17.5. The van der Waals surface area contributed by atoms with Gasteiger partial charge in [0, 0.05) is 76.4 Å². The Morgan fingerprint density at radius 2 is 1.87 bits per heavy atom. The number of aromatic hydroxyl groups is 1. The minimum absolute atomic E-state index is 0.0245. The number of fused-ring (bicyclic) bond motifs is 10. The molecule has 3 fully saturated rings. The van der Waals surface area contributed by atoms with Crippen LogP contribution in [0.25, 0.3) is 10.9 Å². The number of para-hydroxylation sites is 1. The van der Waals surface area contributed by atoms with Gasteiger partial charge in [0.2, 0.25) is 6.79 Å². The highest BCUT2D eigenvalue weighted by molar-refractivity contribution is 7.99. The summed E-state index contributed by atoms with van der Waals surface area (Å²) in [5.74, 6) is 0.286. The van der Waals surface area contributed by atoms with Crippen LogP contribution in [0.1, 0.15) is 89.2 Å². The third-order valence-electron chi connectivity index (χ3n) is 14.3. The molecule has 8 aliphatic heterocycles. The number of benzene rings is 3. The lowest BCUT2D eigenvalue weighted by Crippen LogP contribution is -2.75. The van der Waals surface area contributed by atoms with Crippen molar-refractivity contribution in [3.8, 4) is 34.8 Å². The molecule has 1 unspecified atom stereocenters. The lowest BCUT2D eigenvalue weighted by atomic mass is 9.70. The minimum atomic E-state index is -1.47. The Morgan fingerprint density at radius 3 is 2.62 bits per heavy atom. The summed E-state index contributed by atoms with van der Waals surface area (Å²) >= 11 is 1.49. The van der Waals surface area contributed by atoms with Gasteiger partial charge in [-0.3, -0.25) is 24.7 Å². The summed E-state index contributed by atoms with van der Waals surface area (Å²) in [4.78, 5) is 48.7.